The van der Waals surface area contributed by atoms with E-state index < -0.39 is 0 Å². The molecule has 0 aliphatic rings. The molecule has 4 heteroatoms. The van der Waals surface area contributed by atoms with Crippen LogP contribution in [0.2, 0.25) is 0 Å². The molecule has 0 bridgehead atoms. The highest BCUT2D eigenvalue weighted by molar-refractivity contribution is 6.25. The van der Waals surface area contributed by atoms with Gasteiger partial charge in [-0.25, -0.2) is 0 Å². The number of hydrogen-bond acceptors (Lipinski definition) is 3. The van der Waals surface area contributed by atoms with E-state index in [1.165, 1.54) is 21.5 Å². The lowest BCUT2D eigenvalue weighted by molar-refractivity contribution is 1.11. The summed E-state index contributed by atoms with van der Waals surface area (Å²) < 4.78 is 0. The van der Waals surface area contributed by atoms with Crippen LogP contribution in [-0.2, 0) is 6.42 Å². The number of aromatic amines is 1. The van der Waals surface area contributed by atoms with Crippen molar-refractivity contribution in [2.45, 2.75) is 6.42 Å². The number of hydrogen-bond donors (Lipinski definition) is 1. The summed E-state index contributed by atoms with van der Waals surface area (Å²) >= 11 is 0. The third kappa shape index (κ3) is 4.29. The average Bonchev–Trinajstić information content (AvgIpc) is 3.03. The second kappa shape index (κ2) is 10.2. The molecule has 6 aromatic carbocycles. The zero-order valence-electron chi connectivity index (χ0n) is 22.6. The molecule has 4 nitrogen and oxygen atoms in total. The van der Waals surface area contributed by atoms with Gasteiger partial charge >= 0.3 is 0 Å². The molecule has 0 atom stereocenters. The van der Waals surface area contributed by atoms with Crippen LogP contribution in [0.3, 0.4) is 0 Å². The lowest BCUT2D eigenvalue weighted by Gasteiger charge is -2.15. The third-order valence-corrected chi connectivity index (χ3v) is 7.96. The van der Waals surface area contributed by atoms with Crippen molar-refractivity contribution < 1.29 is 0 Å². The summed E-state index contributed by atoms with van der Waals surface area (Å²) in [5.41, 5.74) is 5.55. The highest BCUT2D eigenvalue weighted by Crippen LogP contribution is 2.38. The van der Waals surface area contributed by atoms with Crippen LogP contribution in [0.25, 0.3) is 55.7 Å². The van der Waals surface area contributed by atoms with Crippen molar-refractivity contribution in [1.82, 2.24) is 4.98 Å². The standard InChI is InChI=1S/C38H23N3O/c39-22-30-5-2-1-4-26(30)13-12-24-8-10-25(11-9-24)20-31-21-35(41-38(42)34(31)23-40)32-18-16-29-15-14-27-6-3-7-28-17-19-33(32)37(29)36(27)28/h1-19,21H,20H2,(H,41,42)/b13-12+. The topological polar surface area (TPSA) is 80.4 Å². The van der Waals surface area contributed by atoms with Gasteiger partial charge in [-0.2, -0.15) is 10.5 Å². The maximum atomic E-state index is 13.1. The molecule has 0 aliphatic carbocycles. The number of nitriles is 2. The number of benzene rings is 6. The lowest BCUT2D eigenvalue weighted by Crippen LogP contribution is -2.14. The van der Waals surface area contributed by atoms with E-state index in [0.29, 0.717) is 23.2 Å². The van der Waals surface area contributed by atoms with E-state index in [4.69, 9.17) is 0 Å². The van der Waals surface area contributed by atoms with E-state index in [1.807, 2.05) is 60.7 Å². The number of pyridine rings is 1. The maximum Gasteiger partial charge on any atom is 0.266 e. The highest BCUT2D eigenvalue weighted by atomic mass is 16.1. The summed E-state index contributed by atoms with van der Waals surface area (Å²) in [4.78, 5) is 16.1. The van der Waals surface area contributed by atoms with Crippen LogP contribution < -0.4 is 5.56 Å². The molecule has 0 amide bonds. The largest absolute Gasteiger partial charge is 0.321 e. The van der Waals surface area contributed by atoms with Gasteiger partial charge in [0.15, 0.2) is 0 Å². The molecule has 1 heterocycles. The number of aromatic nitrogens is 1. The van der Waals surface area contributed by atoms with Crippen LogP contribution in [0.15, 0.2) is 114 Å². The molecule has 1 aromatic heterocycles. The fourth-order valence-electron chi connectivity index (χ4n) is 5.89. The van der Waals surface area contributed by atoms with Crippen molar-refractivity contribution in [3.05, 3.63) is 153 Å². The second-order valence-electron chi connectivity index (χ2n) is 10.4. The monoisotopic (exact) mass is 537 g/mol. The first-order valence-electron chi connectivity index (χ1n) is 13.7. The minimum absolute atomic E-state index is 0.133. The Morgan fingerprint density at radius 1 is 0.690 bits per heavy atom. The van der Waals surface area contributed by atoms with E-state index in [-0.39, 0.29) is 11.1 Å². The fraction of sp³-hybridized carbons (Fsp3) is 0.0263. The number of nitrogens with zero attached hydrogens (tertiary/aromatic N) is 2. The van der Waals surface area contributed by atoms with Gasteiger partial charge in [-0.15, -0.1) is 0 Å². The van der Waals surface area contributed by atoms with Gasteiger partial charge in [0.25, 0.3) is 5.56 Å². The Morgan fingerprint density at radius 3 is 2.17 bits per heavy atom. The Morgan fingerprint density at radius 2 is 1.40 bits per heavy atom. The fourth-order valence-corrected chi connectivity index (χ4v) is 5.89. The molecule has 7 aromatic rings. The minimum atomic E-state index is -0.383. The summed E-state index contributed by atoms with van der Waals surface area (Å²) in [6, 6.07) is 40.8. The molecular weight excluding hydrogens is 514 g/mol. The molecule has 0 spiro atoms. The lowest BCUT2D eigenvalue weighted by atomic mass is 9.90. The van der Waals surface area contributed by atoms with Crippen molar-refractivity contribution in [2.24, 2.45) is 0 Å². The molecule has 0 radical (unpaired) electrons. The van der Waals surface area contributed by atoms with Gasteiger partial charge in [-0.3, -0.25) is 4.79 Å². The molecule has 7 rings (SSSR count). The predicted molar refractivity (Wildman–Crippen MR) is 170 cm³/mol. The number of H-pyrrole nitrogens is 1. The zero-order chi connectivity index (χ0) is 28.6. The summed E-state index contributed by atoms with van der Waals surface area (Å²) in [5, 5.41) is 26.2. The van der Waals surface area contributed by atoms with Crippen LogP contribution in [0.5, 0.6) is 0 Å². The summed E-state index contributed by atoms with van der Waals surface area (Å²) in [6.45, 7) is 0. The Labute approximate surface area is 242 Å². The smallest absolute Gasteiger partial charge is 0.266 e. The van der Waals surface area contributed by atoms with Crippen molar-refractivity contribution in [3.63, 3.8) is 0 Å². The molecule has 0 aliphatic heterocycles. The number of rotatable bonds is 5. The summed E-state index contributed by atoms with van der Waals surface area (Å²) in [6.07, 6.45) is 4.35. The Bertz CT molecular complexity index is 2300. The first-order valence-corrected chi connectivity index (χ1v) is 13.7. The maximum absolute atomic E-state index is 13.1. The van der Waals surface area contributed by atoms with Crippen molar-refractivity contribution in [2.75, 3.05) is 0 Å². The Balaban J connectivity index is 1.26. The van der Waals surface area contributed by atoms with Crippen LogP contribution >= 0.6 is 0 Å². The highest BCUT2D eigenvalue weighted by Gasteiger charge is 2.16. The van der Waals surface area contributed by atoms with Crippen molar-refractivity contribution >= 4 is 44.5 Å². The molecule has 196 valence electrons. The van der Waals surface area contributed by atoms with Gasteiger partial charge in [0, 0.05) is 11.3 Å². The zero-order valence-corrected chi connectivity index (χ0v) is 22.6. The molecule has 0 fully saturated rings. The van der Waals surface area contributed by atoms with E-state index in [2.05, 4.69) is 71.7 Å². The Kier molecular flexibility index (Phi) is 6.08. The molecular formula is C38H23N3O. The van der Waals surface area contributed by atoms with E-state index >= 15 is 0 Å². The van der Waals surface area contributed by atoms with Gasteiger partial charge < -0.3 is 4.98 Å². The predicted octanol–water partition coefficient (Wildman–Crippen LogP) is 8.44. The van der Waals surface area contributed by atoms with Crippen molar-refractivity contribution in [3.8, 4) is 23.4 Å². The first kappa shape index (κ1) is 25.0. The minimum Gasteiger partial charge on any atom is -0.321 e. The quantitative estimate of drug-likeness (QED) is 0.177. The molecule has 42 heavy (non-hydrogen) atoms. The number of nitrogens with one attached hydrogen (secondary N) is 1. The first-order chi connectivity index (χ1) is 20.6. The van der Waals surface area contributed by atoms with Gasteiger partial charge in [0.05, 0.1) is 11.6 Å². The molecule has 0 unspecified atom stereocenters. The van der Waals surface area contributed by atoms with Crippen LogP contribution in [0.4, 0.5) is 0 Å². The Hall–Kier alpha value is -5.97. The second-order valence-corrected chi connectivity index (χ2v) is 10.4. The third-order valence-electron chi connectivity index (χ3n) is 7.96. The van der Waals surface area contributed by atoms with Gasteiger partial charge in [0.1, 0.15) is 11.6 Å². The van der Waals surface area contributed by atoms with E-state index in [0.717, 1.165) is 33.0 Å². The molecule has 1 N–H and O–H groups in total. The normalized spacial score (nSPS) is 11.4. The van der Waals surface area contributed by atoms with Gasteiger partial charge in [-0.05, 0) is 73.1 Å². The SMILES string of the molecule is N#Cc1ccccc1/C=C/c1ccc(Cc2cc(-c3ccc4ccc5cccc6ccc3c4c56)[nH]c(=O)c2C#N)cc1. The van der Waals surface area contributed by atoms with Gasteiger partial charge in [0.2, 0.25) is 0 Å². The summed E-state index contributed by atoms with van der Waals surface area (Å²) in [5.74, 6) is 0. The van der Waals surface area contributed by atoms with Crippen molar-refractivity contribution in [1.29, 1.82) is 10.5 Å². The van der Waals surface area contributed by atoms with Crippen LogP contribution in [0.1, 0.15) is 33.4 Å². The average molecular weight is 538 g/mol. The molecule has 0 saturated carbocycles. The van der Waals surface area contributed by atoms with Crippen LogP contribution in [-0.4, -0.2) is 4.98 Å². The van der Waals surface area contributed by atoms with E-state index in [9.17, 15) is 15.3 Å². The van der Waals surface area contributed by atoms with Gasteiger partial charge in [-0.1, -0.05) is 109 Å². The van der Waals surface area contributed by atoms with E-state index in [1.54, 1.807) is 6.07 Å². The summed E-state index contributed by atoms with van der Waals surface area (Å²) in [7, 11) is 0. The van der Waals surface area contributed by atoms with Crippen LogP contribution in [0, 0.1) is 22.7 Å². The molecule has 0 saturated heterocycles.